The number of nitrogens with zero attached hydrogens (tertiary/aromatic N) is 3. The van der Waals surface area contributed by atoms with E-state index in [1.807, 2.05) is 0 Å². The van der Waals surface area contributed by atoms with Crippen LogP contribution in [-0.4, -0.2) is 53.1 Å². The molecule has 0 saturated carbocycles. The summed E-state index contributed by atoms with van der Waals surface area (Å²) in [5.41, 5.74) is 6.23. The fourth-order valence-corrected chi connectivity index (χ4v) is 2.00. The Balaban J connectivity index is 2.08. The smallest absolute Gasteiger partial charge is 0.272 e. The summed E-state index contributed by atoms with van der Waals surface area (Å²) in [6.07, 6.45) is 2.34. The van der Waals surface area contributed by atoms with Crippen molar-refractivity contribution in [2.75, 3.05) is 20.2 Å². The van der Waals surface area contributed by atoms with E-state index in [-0.39, 0.29) is 17.8 Å². The SMILES string of the molecule is COC1CCN(C(=O)c2ccc(/C(N)=N/O)cn2)C1. The molecule has 0 aliphatic carbocycles. The van der Waals surface area contributed by atoms with Crippen molar-refractivity contribution in [3.8, 4) is 0 Å². The Morgan fingerprint density at radius 2 is 2.42 bits per heavy atom. The molecule has 0 bridgehead atoms. The van der Waals surface area contributed by atoms with Crippen LogP contribution in [0.4, 0.5) is 0 Å². The molecule has 0 spiro atoms. The highest BCUT2D eigenvalue weighted by Crippen LogP contribution is 2.14. The Kier molecular flexibility index (Phi) is 3.96. The third-order valence-electron chi connectivity index (χ3n) is 3.15. The molecular weight excluding hydrogens is 248 g/mol. The lowest BCUT2D eigenvalue weighted by atomic mass is 10.2. The number of ether oxygens (including phenoxy) is 1. The van der Waals surface area contributed by atoms with Crippen molar-refractivity contribution < 1.29 is 14.7 Å². The van der Waals surface area contributed by atoms with Gasteiger partial charge in [-0.15, -0.1) is 0 Å². The van der Waals surface area contributed by atoms with E-state index in [0.717, 1.165) is 6.42 Å². The summed E-state index contributed by atoms with van der Waals surface area (Å²) in [5.74, 6) is -0.169. The van der Waals surface area contributed by atoms with Gasteiger partial charge in [-0.3, -0.25) is 9.78 Å². The molecule has 1 aliphatic rings. The lowest BCUT2D eigenvalue weighted by Gasteiger charge is -2.15. The van der Waals surface area contributed by atoms with Gasteiger partial charge in [0.15, 0.2) is 5.84 Å². The number of likely N-dealkylation sites (tertiary alicyclic amines) is 1. The molecule has 2 heterocycles. The average molecular weight is 264 g/mol. The molecular formula is C12H16N4O3. The van der Waals surface area contributed by atoms with Crippen molar-refractivity contribution in [2.45, 2.75) is 12.5 Å². The Bertz CT molecular complexity index is 486. The Morgan fingerprint density at radius 1 is 1.63 bits per heavy atom. The molecule has 1 aromatic rings. The highest BCUT2D eigenvalue weighted by molar-refractivity contribution is 5.98. The molecule has 19 heavy (non-hydrogen) atoms. The standard InChI is InChI=1S/C12H16N4O3/c1-19-9-4-5-16(7-9)12(17)10-3-2-8(6-14-10)11(13)15-18/h2-3,6,9,18H,4-5,7H2,1H3,(H2,13,15). The molecule has 1 aromatic heterocycles. The first-order valence-corrected chi connectivity index (χ1v) is 5.91. The second-order valence-electron chi connectivity index (χ2n) is 4.31. The number of aromatic nitrogens is 1. The zero-order valence-corrected chi connectivity index (χ0v) is 10.6. The van der Waals surface area contributed by atoms with Crippen LogP contribution in [-0.2, 0) is 4.74 Å². The quantitative estimate of drug-likeness (QED) is 0.347. The number of hydrogen-bond acceptors (Lipinski definition) is 5. The van der Waals surface area contributed by atoms with Crippen molar-refractivity contribution in [2.24, 2.45) is 10.9 Å². The van der Waals surface area contributed by atoms with Crippen LogP contribution in [0.5, 0.6) is 0 Å². The van der Waals surface area contributed by atoms with Gasteiger partial charge in [0, 0.05) is 32.0 Å². The molecule has 102 valence electrons. The van der Waals surface area contributed by atoms with Gasteiger partial charge in [-0.05, 0) is 18.6 Å². The second-order valence-corrected chi connectivity index (χ2v) is 4.31. The monoisotopic (exact) mass is 264 g/mol. The second kappa shape index (κ2) is 5.66. The molecule has 1 aliphatic heterocycles. The van der Waals surface area contributed by atoms with Crippen LogP contribution in [0, 0.1) is 0 Å². The molecule has 7 nitrogen and oxygen atoms in total. The summed E-state index contributed by atoms with van der Waals surface area (Å²) in [4.78, 5) is 17.9. The van der Waals surface area contributed by atoms with E-state index in [1.165, 1.54) is 6.20 Å². The first kappa shape index (κ1) is 13.3. The van der Waals surface area contributed by atoms with Gasteiger partial charge in [0.1, 0.15) is 5.69 Å². The fraction of sp³-hybridized carbons (Fsp3) is 0.417. The molecule has 0 radical (unpaired) electrons. The minimum Gasteiger partial charge on any atom is -0.409 e. The number of carbonyl (C=O) groups is 1. The first-order valence-electron chi connectivity index (χ1n) is 5.91. The van der Waals surface area contributed by atoms with Crippen molar-refractivity contribution in [1.82, 2.24) is 9.88 Å². The van der Waals surface area contributed by atoms with Crippen molar-refractivity contribution in [3.63, 3.8) is 0 Å². The number of rotatable bonds is 3. The fourth-order valence-electron chi connectivity index (χ4n) is 2.00. The molecule has 1 fully saturated rings. The van der Waals surface area contributed by atoms with Gasteiger partial charge in [-0.2, -0.15) is 0 Å². The van der Waals surface area contributed by atoms with Crippen molar-refractivity contribution >= 4 is 11.7 Å². The predicted molar refractivity (Wildman–Crippen MR) is 68.1 cm³/mol. The molecule has 3 N–H and O–H groups in total. The topological polar surface area (TPSA) is 101 Å². The lowest BCUT2D eigenvalue weighted by Crippen LogP contribution is -2.30. The van der Waals surface area contributed by atoms with Gasteiger partial charge in [0.05, 0.1) is 6.10 Å². The maximum Gasteiger partial charge on any atom is 0.272 e. The molecule has 1 atom stereocenters. The number of amidine groups is 1. The summed E-state index contributed by atoms with van der Waals surface area (Å²) >= 11 is 0. The van der Waals surface area contributed by atoms with E-state index in [0.29, 0.717) is 24.3 Å². The molecule has 1 saturated heterocycles. The van der Waals surface area contributed by atoms with Crippen LogP contribution in [0.25, 0.3) is 0 Å². The number of nitrogens with two attached hydrogens (primary N) is 1. The number of methoxy groups -OCH3 is 1. The summed E-state index contributed by atoms with van der Waals surface area (Å²) in [7, 11) is 1.64. The molecule has 1 amide bonds. The van der Waals surface area contributed by atoms with Gasteiger partial charge < -0.3 is 20.6 Å². The summed E-state index contributed by atoms with van der Waals surface area (Å²) in [6.45, 7) is 1.25. The van der Waals surface area contributed by atoms with E-state index in [9.17, 15) is 4.79 Å². The van der Waals surface area contributed by atoms with E-state index in [2.05, 4.69) is 10.1 Å². The van der Waals surface area contributed by atoms with Gasteiger partial charge in [0.2, 0.25) is 0 Å². The van der Waals surface area contributed by atoms with Crippen LogP contribution in [0.1, 0.15) is 22.5 Å². The van der Waals surface area contributed by atoms with Crippen molar-refractivity contribution in [3.05, 3.63) is 29.6 Å². The summed E-state index contributed by atoms with van der Waals surface area (Å²) in [5, 5.41) is 11.4. The zero-order chi connectivity index (χ0) is 13.8. The molecule has 1 unspecified atom stereocenters. The van der Waals surface area contributed by atoms with Crippen LogP contribution in [0.3, 0.4) is 0 Å². The highest BCUT2D eigenvalue weighted by atomic mass is 16.5. The van der Waals surface area contributed by atoms with Gasteiger partial charge in [0.25, 0.3) is 5.91 Å². The van der Waals surface area contributed by atoms with Crippen LogP contribution in [0.15, 0.2) is 23.5 Å². The number of pyridine rings is 1. The zero-order valence-electron chi connectivity index (χ0n) is 10.6. The largest absolute Gasteiger partial charge is 0.409 e. The van der Waals surface area contributed by atoms with Crippen LogP contribution < -0.4 is 5.73 Å². The number of carbonyl (C=O) groups excluding carboxylic acids is 1. The highest BCUT2D eigenvalue weighted by Gasteiger charge is 2.27. The number of amides is 1. The van der Waals surface area contributed by atoms with E-state index < -0.39 is 0 Å². The summed E-state index contributed by atoms with van der Waals surface area (Å²) < 4.78 is 5.22. The van der Waals surface area contributed by atoms with Crippen LogP contribution in [0.2, 0.25) is 0 Å². The molecule has 0 aromatic carbocycles. The Morgan fingerprint density at radius 3 is 2.95 bits per heavy atom. The normalized spacial score (nSPS) is 19.7. The van der Waals surface area contributed by atoms with E-state index >= 15 is 0 Å². The van der Waals surface area contributed by atoms with Crippen LogP contribution >= 0.6 is 0 Å². The molecule has 2 rings (SSSR count). The predicted octanol–water partition coefficient (Wildman–Crippen LogP) is 0.0370. The average Bonchev–Trinajstić information content (AvgIpc) is 2.94. The third-order valence-corrected chi connectivity index (χ3v) is 3.15. The van der Waals surface area contributed by atoms with Gasteiger partial charge in [-0.25, -0.2) is 0 Å². The summed E-state index contributed by atoms with van der Waals surface area (Å²) in [6, 6.07) is 3.16. The Labute approximate surface area is 110 Å². The maximum absolute atomic E-state index is 12.2. The number of hydrogen-bond donors (Lipinski definition) is 2. The van der Waals surface area contributed by atoms with E-state index in [4.69, 9.17) is 15.7 Å². The third kappa shape index (κ3) is 2.82. The first-order chi connectivity index (χ1) is 9.15. The Hall–Kier alpha value is -2.15. The molecule has 7 heteroatoms. The van der Waals surface area contributed by atoms with Gasteiger partial charge in [-0.1, -0.05) is 5.16 Å². The van der Waals surface area contributed by atoms with Crippen molar-refractivity contribution in [1.29, 1.82) is 0 Å². The van der Waals surface area contributed by atoms with Gasteiger partial charge >= 0.3 is 0 Å². The lowest BCUT2D eigenvalue weighted by molar-refractivity contribution is 0.0719. The minimum atomic E-state index is -0.134. The van der Waals surface area contributed by atoms with E-state index in [1.54, 1.807) is 24.1 Å². The number of oxime groups is 1. The minimum absolute atomic E-state index is 0.0351. The maximum atomic E-state index is 12.2.